The Morgan fingerprint density at radius 3 is 2.75 bits per heavy atom. The monoisotopic (exact) mass is 300 g/mol. The van der Waals surface area contributed by atoms with Gasteiger partial charge in [-0.05, 0) is 30.5 Å². The summed E-state index contributed by atoms with van der Waals surface area (Å²) in [5, 5.41) is 2.79. The van der Waals surface area contributed by atoms with Gasteiger partial charge in [-0.25, -0.2) is 0 Å². The summed E-state index contributed by atoms with van der Waals surface area (Å²) in [4.78, 5) is 11.7. The highest BCUT2D eigenvalue weighted by Gasteiger charge is 2.18. The van der Waals surface area contributed by atoms with Gasteiger partial charge in [-0.3, -0.25) is 4.79 Å². The molecule has 0 aliphatic carbocycles. The second-order valence-corrected chi connectivity index (χ2v) is 4.87. The normalized spacial score (nSPS) is 13.0. The zero-order chi connectivity index (χ0) is 14.3. The molecule has 3 N–H and O–H groups in total. The van der Waals surface area contributed by atoms with E-state index >= 15 is 0 Å². The van der Waals surface area contributed by atoms with Gasteiger partial charge in [-0.2, -0.15) is 0 Å². The minimum atomic E-state index is -0.441. The second kappa shape index (κ2) is 9.61. The number of hydrogen-bond donors (Lipinski definition) is 2. The molecule has 0 spiro atoms. The molecule has 20 heavy (non-hydrogen) atoms. The Kier molecular flexibility index (Phi) is 9.01. The Morgan fingerprint density at radius 1 is 1.45 bits per heavy atom. The minimum absolute atomic E-state index is 0. The van der Waals surface area contributed by atoms with Crippen LogP contribution < -0.4 is 15.8 Å². The summed E-state index contributed by atoms with van der Waals surface area (Å²) in [5.41, 5.74) is 6.98. The first-order valence-corrected chi connectivity index (χ1v) is 6.77. The predicted molar refractivity (Wildman–Crippen MR) is 84.4 cm³/mol. The molecule has 0 aliphatic heterocycles. The van der Waals surface area contributed by atoms with E-state index < -0.39 is 6.04 Å². The summed E-state index contributed by atoms with van der Waals surface area (Å²) in [6, 6.07) is 7.39. The Labute approximate surface area is 127 Å². The number of nitrogens with two attached hydrogens (primary N) is 1. The molecule has 1 aromatic carbocycles. The van der Waals surface area contributed by atoms with E-state index in [1.807, 2.05) is 45.0 Å². The Hall–Kier alpha value is -1.26. The average Bonchev–Trinajstić information content (AvgIpc) is 2.41. The number of halogens is 1. The van der Waals surface area contributed by atoms with Crippen LogP contribution in [-0.2, 0) is 4.79 Å². The third-order valence-corrected chi connectivity index (χ3v) is 3.22. The largest absolute Gasteiger partial charge is 0.492 e. The van der Waals surface area contributed by atoms with Crippen molar-refractivity contribution in [2.24, 2.45) is 11.7 Å². The lowest BCUT2D eigenvalue weighted by atomic mass is 9.99. The molecule has 0 radical (unpaired) electrons. The summed E-state index contributed by atoms with van der Waals surface area (Å²) in [5.74, 6) is 0.903. The number of carbonyl (C=O) groups is 1. The highest BCUT2D eigenvalue weighted by Crippen LogP contribution is 2.11. The first-order chi connectivity index (χ1) is 9.04. The minimum Gasteiger partial charge on any atom is -0.492 e. The van der Waals surface area contributed by atoms with Crippen LogP contribution in [0.4, 0.5) is 0 Å². The van der Waals surface area contributed by atoms with Gasteiger partial charge in [0.15, 0.2) is 0 Å². The van der Waals surface area contributed by atoms with E-state index in [0.29, 0.717) is 13.2 Å². The van der Waals surface area contributed by atoms with Crippen molar-refractivity contribution in [1.82, 2.24) is 5.32 Å². The van der Waals surface area contributed by atoms with Crippen LogP contribution in [0.3, 0.4) is 0 Å². The van der Waals surface area contributed by atoms with Crippen LogP contribution >= 0.6 is 12.4 Å². The number of rotatable bonds is 7. The molecule has 0 heterocycles. The first kappa shape index (κ1) is 18.7. The standard InChI is InChI=1S/C15H24N2O2.ClH/c1-4-12(3)14(16)15(18)17-8-9-19-13-7-5-6-11(2)10-13;/h5-7,10,12,14H,4,8-9,16H2,1-3H3,(H,17,18);1H. The highest BCUT2D eigenvalue weighted by atomic mass is 35.5. The summed E-state index contributed by atoms with van der Waals surface area (Å²) < 4.78 is 5.55. The molecule has 1 aromatic rings. The molecule has 5 heteroatoms. The first-order valence-electron chi connectivity index (χ1n) is 6.77. The van der Waals surface area contributed by atoms with E-state index in [2.05, 4.69) is 5.32 Å². The van der Waals surface area contributed by atoms with E-state index in [-0.39, 0.29) is 24.2 Å². The lowest BCUT2D eigenvalue weighted by Crippen LogP contribution is -2.45. The van der Waals surface area contributed by atoms with E-state index in [4.69, 9.17) is 10.5 Å². The Morgan fingerprint density at radius 2 is 2.15 bits per heavy atom. The molecule has 2 atom stereocenters. The van der Waals surface area contributed by atoms with Gasteiger partial charge in [-0.1, -0.05) is 32.4 Å². The van der Waals surface area contributed by atoms with Crippen molar-refractivity contribution in [3.8, 4) is 5.75 Å². The third kappa shape index (κ3) is 6.26. The average molecular weight is 301 g/mol. The lowest BCUT2D eigenvalue weighted by molar-refractivity contribution is -0.123. The van der Waals surface area contributed by atoms with Crippen LogP contribution in [0, 0.1) is 12.8 Å². The van der Waals surface area contributed by atoms with Gasteiger partial charge in [-0.15, -0.1) is 12.4 Å². The van der Waals surface area contributed by atoms with Crippen molar-refractivity contribution in [2.75, 3.05) is 13.2 Å². The summed E-state index contributed by atoms with van der Waals surface area (Å²) in [6.45, 7) is 6.94. The van der Waals surface area contributed by atoms with Crippen molar-refractivity contribution in [3.05, 3.63) is 29.8 Å². The van der Waals surface area contributed by atoms with E-state index in [0.717, 1.165) is 17.7 Å². The van der Waals surface area contributed by atoms with Crippen LogP contribution in [-0.4, -0.2) is 25.1 Å². The van der Waals surface area contributed by atoms with Crippen molar-refractivity contribution in [2.45, 2.75) is 33.2 Å². The van der Waals surface area contributed by atoms with Gasteiger partial charge >= 0.3 is 0 Å². The van der Waals surface area contributed by atoms with Gasteiger partial charge < -0.3 is 15.8 Å². The zero-order valence-electron chi connectivity index (χ0n) is 12.4. The van der Waals surface area contributed by atoms with Crippen LogP contribution in [0.1, 0.15) is 25.8 Å². The number of hydrogen-bond acceptors (Lipinski definition) is 3. The zero-order valence-corrected chi connectivity index (χ0v) is 13.2. The van der Waals surface area contributed by atoms with Gasteiger partial charge in [0.25, 0.3) is 0 Å². The molecule has 114 valence electrons. The number of benzene rings is 1. The van der Waals surface area contributed by atoms with Crippen molar-refractivity contribution in [1.29, 1.82) is 0 Å². The molecule has 1 rings (SSSR count). The fourth-order valence-corrected chi connectivity index (χ4v) is 1.68. The van der Waals surface area contributed by atoms with Crippen LogP contribution in [0.2, 0.25) is 0 Å². The molecular weight excluding hydrogens is 276 g/mol. The van der Waals surface area contributed by atoms with E-state index in [1.54, 1.807) is 0 Å². The van der Waals surface area contributed by atoms with E-state index in [9.17, 15) is 4.79 Å². The van der Waals surface area contributed by atoms with Crippen molar-refractivity contribution in [3.63, 3.8) is 0 Å². The third-order valence-electron chi connectivity index (χ3n) is 3.22. The molecule has 4 nitrogen and oxygen atoms in total. The smallest absolute Gasteiger partial charge is 0.237 e. The van der Waals surface area contributed by atoms with Crippen molar-refractivity contribution < 1.29 is 9.53 Å². The Bertz CT molecular complexity index is 413. The maximum Gasteiger partial charge on any atom is 0.237 e. The van der Waals surface area contributed by atoms with Crippen LogP contribution in [0.5, 0.6) is 5.75 Å². The maximum atomic E-state index is 11.7. The molecule has 0 saturated carbocycles. The molecule has 2 unspecified atom stereocenters. The number of amides is 1. The maximum absolute atomic E-state index is 11.7. The fraction of sp³-hybridized carbons (Fsp3) is 0.533. The van der Waals surface area contributed by atoms with Gasteiger partial charge in [0.05, 0.1) is 12.6 Å². The van der Waals surface area contributed by atoms with Crippen LogP contribution in [0.15, 0.2) is 24.3 Å². The lowest BCUT2D eigenvalue weighted by Gasteiger charge is -2.17. The molecule has 0 bridgehead atoms. The second-order valence-electron chi connectivity index (χ2n) is 4.87. The summed E-state index contributed by atoms with van der Waals surface area (Å²) in [7, 11) is 0. The van der Waals surface area contributed by atoms with Gasteiger partial charge in [0, 0.05) is 0 Å². The summed E-state index contributed by atoms with van der Waals surface area (Å²) in [6.07, 6.45) is 0.897. The number of ether oxygens (including phenoxy) is 1. The molecule has 1 amide bonds. The quantitative estimate of drug-likeness (QED) is 0.759. The molecule has 0 aromatic heterocycles. The van der Waals surface area contributed by atoms with E-state index in [1.165, 1.54) is 0 Å². The Balaban J connectivity index is 0.00000361. The molecule has 0 fully saturated rings. The molecular formula is C15H25ClN2O2. The SMILES string of the molecule is CCC(C)C(N)C(=O)NCCOc1cccc(C)c1.Cl. The number of carbonyl (C=O) groups excluding carboxylic acids is 1. The highest BCUT2D eigenvalue weighted by molar-refractivity contribution is 5.85. The number of nitrogens with one attached hydrogen (secondary N) is 1. The molecule has 0 saturated heterocycles. The topological polar surface area (TPSA) is 64.4 Å². The van der Waals surface area contributed by atoms with Gasteiger partial charge in [0.1, 0.15) is 12.4 Å². The number of aryl methyl sites for hydroxylation is 1. The fourth-order valence-electron chi connectivity index (χ4n) is 1.68. The summed E-state index contributed by atoms with van der Waals surface area (Å²) >= 11 is 0. The predicted octanol–water partition coefficient (Wildman–Crippen LogP) is 2.29. The molecule has 0 aliphatic rings. The van der Waals surface area contributed by atoms with Crippen molar-refractivity contribution >= 4 is 18.3 Å². The van der Waals surface area contributed by atoms with Gasteiger partial charge in [0.2, 0.25) is 5.91 Å². The van der Waals surface area contributed by atoms with Crippen LogP contribution in [0.25, 0.3) is 0 Å².